The average molecular weight is 375 g/mol. The van der Waals surface area contributed by atoms with Gasteiger partial charge in [-0.2, -0.15) is 0 Å². The highest BCUT2D eigenvalue weighted by Crippen LogP contribution is 2.17. The molecule has 4 heteroatoms. The van der Waals surface area contributed by atoms with Gasteiger partial charge in [-0.15, -0.1) is 0 Å². The van der Waals surface area contributed by atoms with E-state index >= 15 is 0 Å². The van der Waals surface area contributed by atoms with Crippen molar-refractivity contribution >= 4 is 0 Å². The van der Waals surface area contributed by atoms with Crippen molar-refractivity contribution in [2.24, 2.45) is 0 Å². The summed E-state index contributed by atoms with van der Waals surface area (Å²) in [5, 5.41) is 9.19. The zero-order chi connectivity index (χ0) is 20.5. The number of hydrogen-bond donors (Lipinski definition) is 1. The molecule has 4 nitrogen and oxygen atoms in total. The number of hydrogen-bond acceptors (Lipinski definition) is 4. The number of methoxy groups -OCH3 is 1. The number of phenolic OH excluding ortho intramolecular Hbond substituents is 1. The van der Waals surface area contributed by atoms with Gasteiger partial charge in [0.1, 0.15) is 11.5 Å². The molecular weight excluding hydrogens is 340 g/mol. The van der Waals surface area contributed by atoms with Crippen LogP contribution in [0.2, 0.25) is 0 Å². The van der Waals surface area contributed by atoms with Gasteiger partial charge in [0.25, 0.3) is 0 Å². The third-order valence-electron chi connectivity index (χ3n) is 3.39. The Morgan fingerprint density at radius 3 is 1.67 bits per heavy atom. The van der Waals surface area contributed by atoms with Gasteiger partial charge in [0.2, 0.25) is 0 Å². The van der Waals surface area contributed by atoms with Gasteiger partial charge >= 0.3 is 0 Å². The number of rotatable bonds is 5. The summed E-state index contributed by atoms with van der Waals surface area (Å²) >= 11 is 0. The van der Waals surface area contributed by atoms with Gasteiger partial charge in [0, 0.05) is 0 Å². The Bertz CT molecular complexity index is 681. The molecular formula is C23H34O4. The van der Waals surface area contributed by atoms with Crippen molar-refractivity contribution < 1.29 is 19.3 Å². The van der Waals surface area contributed by atoms with Gasteiger partial charge in [-0.05, 0) is 76.9 Å². The summed E-state index contributed by atoms with van der Waals surface area (Å²) in [6.07, 6.45) is 0. The molecule has 0 aliphatic rings. The van der Waals surface area contributed by atoms with Crippen LogP contribution in [0, 0.1) is 0 Å². The lowest BCUT2D eigenvalue weighted by molar-refractivity contribution is -0.0153. The second-order valence-electron chi connectivity index (χ2n) is 8.32. The third-order valence-corrected chi connectivity index (χ3v) is 3.39. The van der Waals surface area contributed by atoms with Gasteiger partial charge in [-0.3, -0.25) is 0 Å². The van der Waals surface area contributed by atoms with Crippen LogP contribution in [0.25, 0.3) is 0 Å². The number of aromatic hydroxyl groups is 1. The van der Waals surface area contributed by atoms with E-state index in [9.17, 15) is 5.11 Å². The zero-order valence-corrected chi connectivity index (χ0v) is 17.7. The predicted molar refractivity (Wildman–Crippen MR) is 110 cm³/mol. The van der Waals surface area contributed by atoms with E-state index in [2.05, 4.69) is 0 Å². The maximum Gasteiger partial charge on any atom is 0.119 e. The van der Waals surface area contributed by atoms with E-state index in [1.165, 1.54) is 0 Å². The third kappa shape index (κ3) is 11.3. The molecule has 0 aromatic heterocycles. The highest BCUT2D eigenvalue weighted by atomic mass is 16.5. The Labute approximate surface area is 164 Å². The molecule has 0 spiro atoms. The molecule has 0 aliphatic heterocycles. The maximum atomic E-state index is 9.19. The summed E-state index contributed by atoms with van der Waals surface area (Å²) in [6, 6.07) is 15.1. The first-order chi connectivity index (χ1) is 12.5. The fourth-order valence-corrected chi connectivity index (χ4v) is 2.01. The van der Waals surface area contributed by atoms with E-state index in [0.29, 0.717) is 13.2 Å². The summed E-state index contributed by atoms with van der Waals surface area (Å²) in [6.45, 7) is 13.3. The maximum absolute atomic E-state index is 9.19. The molecule has 150 valence electrons. The van der Waals surface area contributed by atoms with E-state index in [4.69, 9.17) is 14.2 Å². The first-order valence-corrected chi connectivity index (χ1v) is 9.17. The Morgan fingerprint density at radius 2 is 1.22 bits per heavy atom. The molecule has 2 rings (SSSR count). The molecule has 2 aromatic rings. The summed E-state index contributed by atoms with van der Waals surface area (Å²) in [5.74, 6) is 1.16. The Morgan fingerprint density at radius 1 is 0.741 bits per heavy atom. The van der Waals surface area contributed by atoms with Gasteiger partial charge in [-0.1, -0.05) is 24.3 Å². The quantitative estimate of drug-likeness (QED) is 0.727. The molecule has 0 heterocycles. The predicted octanol–water partition coefficient (Wildman–Crippen LogP) is 5.72. The van der Waals surface area contributed by atoms with Crippen LogP contribution >= 0.6 is 0 Å². The first-order valence-electron chi connectivity index (χ1n) is 9.17. The second kappa shape index (κ2) is 10.3. The zero-order valence-electron chi connectivity index (χ0n) is 17.7. The van der Waals surface area contributed by atoms with Crippen molar-refractivity contribution in [3.8, 4) is 11.5 Å². The van der Waals surface area contributed by atoms with E-state index in [1.807, 2.05) is 77.9 Å². The van der Waals surface area contributed by atoms with Crippen molar-refractivity contribution in [3.05, 3.63) is 59.7 Å². The molecule has 0 saturated heterocycles. The fourth-order valence-electron chi connectivity index (χ4n) is 2.01. The van der Waals surface area contributed by atoms with Crippen LogP contribution in [0.1, 0.15) is 52.7 Å². The lowest BCUT2D eigenvalue weighted by atomic mass is 10.2. The molecule has 0 aliphatic carbocycles. The molecule has 0 radical (unpaired) electrons. The van der Waals surface area contributed by atoms with Crippen molar-refractivity contribution in [1.29, 1.82) is 0 Å². The molecule has 27 heavy (non-hydrogen) atoms. The van der Waals surface area contributed by atoms with Gasteiger partial charge in [0.05, 0.1) is 31.5 Å². The number of phenols is 1. The average Bonchev–Trinajstić information content (AvgIpc) is 2.58. The largest absolute Gasteiger partial charge is 0.508 e. The van der Waals surface area contributed by atoms with Crippen LogP contribution < -0.4 is 4.74 Å². The van der Waals surface area contributed by atoms with Gasteiger partial charge in [-0.25, -0.2) is 0 Å². The second-order valence-corrected chi connectivity index (χ2v) is 8.32. The van der Waals surface area contributed by atoms with Crippen LogP contribution in [0.4, 0.5) is 0 Å². The smallest absolute Gasteiger partial charge is 0.119 e. The minimum absolute atomic E-state index is 0.0942. The van der Waals surface area contributed by atoms with Crippen molar-refractivity contribution in [2.45, 2.75) is 66.0 Å². The van der Waals surface area contributed by atoms with Gasteiger partial charge in [0.15, 0.2) is 0 Å². The van der Waals surface area contributed by atoms with Crippen molar-refractivity contribution in [1.82, 2.24) is 0 Å². The number of ether oxygens (including phenoxy) is 3. The van der Waals surface area contributed by atoms with Gasteiger partial charge < -0.3 is 19.3 Å². The highest BCUT2D eigenvalue weighted by molar-refractivity contribution is 5.28. The Kier molecular flexibility index (Phi) is 8.80. The normalized spacial score (nSPS) is 11.5. The first kappa shape index (κ1) is 23.0. The van der Waals surface area contributed by atoms with Crippen LogP contribution in [-0.4, -0.2) is 23.4 Å². The molecule has 0 atom stereocenters. The molecule has 1 N–H and O–H groups in total. The minimum atomic E-state index is -0.133. The molecule has 0 amide bonds. The Balaban J connectivity index is 0.000000271. The lowest BCUT2D eigenvalue weighted by Gasteiger charge is -2.19. The van der Waals surface area contributed by atoms with E-state index in [-0.39, 0.29) is 17.0 Å². The lowest BCUT2D eigenvalue weighted by Crippen LogP contribution is -2.18. The van der Waals surface area contributed by atoms with E-state index in [0.717, 1.165) is 16.9 Å². The van der Waals surface area contributed by atoms with Crippen LogP contribution in [0.3, 0.4) is 0 Å². The van der Waals surface area contributed by atoms with Crippen LogP contribution in [0.5, 0.6) is 11.5 Å². The van der Waals surface area contributed by atoms with Crippen molar-refractivity contribution in [2.75, 3.05) is 7.11 Å². The molecule has 0 bridgehead atoms. The summed E-state index contributed by atoms with van der Waals surface area (Å²) < 4.78 is 16.3. The highest BCUT2D eigenvalue weighted by Gasteiger charge is 2.10. The minimum Gasteiger partial charge on any atom is -0.508 e. The SMILES string of the molecule is CC(C)(C)OCc1cccc(O)c1.COc1cccc(COC(C)(C)C)c1. The molecule has 0 fully saturated rings. The topological polar surface area (TPSA) is 47.9 Å². The van der Waals surface area contributed by atoms with Crippen LogP contribution in [0.15, 0.2) is 48.5 Å². The standard InChI is InChI=1S/C12H18O2.C11H16O2/c1-12(2,3)14-9-10-6-5-7-11(8-10)13-4;1-11(2,3)13-8-9-5-4-6-10(12)7-9/h5-8H,9H2,1-4H3;4-7,12H,8H2,1-3H3. The van der Waals surface area contributed by atoms with Crippen LogP contribution in [-0.2, 0) is 22.7 Å². The van der Waals surface area contributed by atoms with E-state index < -0.39 is 0 Å². The monoisotopic (exact) mass is 374 g/mol. The molecule has 0 unspecified atom stereocenters. The molecule has 0 saturated carbocycles. The summed E-state index contributed by atoms with van der Waals surface area (Å²) in [7, 11) is 1.67. The molecule has 2 aromatic carbocycles. The number of benzene rings is 2. The summed E-state index contributed by atoms with van der Waals surface area (Å²) in [4.78, 5) is 0. The van der Waals surface area contributed by atoms with Crippen molar-refractivity contribution in [3.63, 3.8) is 0 Å². The van der Waals surface area contributed by atoms with E-state index in [1.54, 1.807) is 19.2 Å². The Hall–Kier alpha value is -2.04. The fraction of sp³-hybridized carbons (Fsp3) is 0.478. The summed E-state index contributed by atoms with van der Waals surface area (Å²) in [5.41, 5.74) is 1.91.